The first kappa shape index (κ1) is 37.2. The van der Waals surface area contributed by atoms with Crippen LogP contribution < -0.4 is 11.5 Å². The molecule has 0 unspecified atom stereocenters. The van der Waals surface area contributed by atoms with Gasteiger partial charge in [0.05, 0.1) is 0 Å². The molecule has 0 saturated heterocycles. The Balaban J connectivity index is -0.000000458. The highest BCUT2D eigenvalue weighted by Gasteiger charge is 1.96. The second kappa shape index (κ2) is 36.3. The Bertz CT molecular complexity index is 379. The van der Waals surface area contributed by atoms with Crippen molar-refractivity contribution in [1.82, 2.24) is 0 Å². The Morgan fingerprint density at radius 1 is 0.500 bits per heavy atom. The van der Waals surface area contributed by atoms with E-state index in [0.29, 0.717) is 12.8 Å². The van der Waals surface area contributed by atoms with Crippen LogP contribution in [0.3, 0.4) is 0 Å². The molecule has 0 atom stereocenters. The number of hydrogen-bond acceptors (Lipinski definition) is 2. The Morgan fingerprint density at radius 2 is 0.765 bits per heavy atom. The lowest BCUT2D eigenvalue weighted by Gasteiger charge is -2.00. The number of primary amides is 2. The fourth-order valence-electron chi connectivity index (χ4n) is 3.57. The Morgan fingerprint density at radius 3 is 0.971 bits per heavy atom. The summed E-state index contributed by atoms with van der Waals surface area (Å²) in [6.45, 7) is 10.3. The molecule has 0 aromatic carbocycles. The fraction of sp³-hybridized carbons (Fsp3) is 0.867. The van der Waals surface area contributed by atoms with E-state index in [4.69, 9.17) is 11.5 Å². The van der Waals surface area contributed by atoms with E-state index in [-0.39, 0.29) is 11.8 Å². The third kappa shape index (κ3) is 48.2. The van der Waals surface area contributed by atoms with Crippen LogP contribution in [-0.2, 0) is 9.59 Å². The first-order valence-corrected chi connectivity index (χ1v) is 14.6. The summed E-state index contributed by atoms with van der Waals surface area (Å²) in [7, 11) is 0. The van der Waals surface area contributed by atoms with Crippen molar-refractivity contribution in [3.8, 4) is 0 Å². The summed E-state index contributed by atoms with van der Waals surface area (Å²) in [6.07, 6.45) is 29.9. The Hall–Kier alpha value is -1.32. The summed E-state index contributed by atoms with van der Waals surface area (Å²) < 4.78 is 0. The molecule has 204 valence electrons. The molecule has 0 spiro atoms. The summed E-state index contributed by atoms with van der Waals surface area (Å²) in [5.74, 6) is -0.319. The summed E-state index contributed by atoms with van der Waals surface area (Å²) in [5.41, 5.74) is 10.1. The molecule has 4 nitrogen and oxygen atoms in total. The molecule has 0 heterocycles. The summed E-state index contributed by atoms with van der Waals surface area (Å²) in [6, 6.07) is 0. The van der Waals surface area contributed by atoms with Crippen LogP contribution in [0.2, 0.25) is 0 Å². The maximum absolute atomic E-state index is 10.4. The molecule has 2 amide bonds. The maximum Gasteiger partial charge on any atom is 0.217 e. The van der Waals surface area contributed by atoms with Crippen LogP contribution in [0.25, 0.3) is 0 Å². The lowest BCUT2D eigenvalue weighted by atomic mass is 10.1. The lowest BCUT2D eigenvalue weighted by Crippen LogP contribution is -2.09. The zero-order chi connectivity index (χ0) is 26.1. The number of nitrogens with two attached hydrogens (primary N) is 2. The molecule has 0 aliphatic heterocycles. The number of carbonyl (C=O) groups excluding carboxylic acids is 2. The number of unbranched alkanes of at least 4 members (excludes halogenated alkanes) is 18. The molecule has 0 fully saturated rings. The van der Waals surface area contributed by atoms with Crippen molar-refractivity contribution in [2.75, 3.05) is 0 Å². The van der Waals surface area contributed by atoms with Crippen molar-refractivity contribution < 1.29 is 9.59 Å². The average molecular weight is 483 g/mol. The van der Waals surface area contributed by atoms with E-state index in [9.17, 15) is 9.59 Å². The monoisotopic (exact) mass is 482 g/mol. The zero-order valence-corrected chi connectivity index (χ0v) is 23.5. The van der Waals surface area contributed by atoms with Gasteiger partial charge in [0.1, 0.15) is 0 Å². The quantitative estimate of drug-likeness (QED) is 0.112. The number of amides is 2. The van der Waals surface area contributed by atoms with E-state index in [0.717, 1.165) is 25.7 Å². The fourth-order valence-corrected chi connectivity index (χ4v) is 3.57. The van der Waals surface area contributed by atoms with Crippen molar-refractivity contribution in [1.29, 1.82) is 0 Å². The van der Waals surface area contributed by atoms with Crippen LogP contribution in [0.1, 0.15) is 168 Å². The molecule has 0 rings (SSSR count). The smallest absolute Gasteiger partial charge is 0.217 e. The summed E-state index contributed by atoms with van der Waals surface area (Å²) >= 11 is 0. The minimum atomic E-state index is -0.159. The van der Waals surface area contributed by atoms with Crippen LogP contribution >= 0.6 is 0 Å². The molecule has 0 saturated carbocycles. The predicted molar refractivity (Wildman–Crippen MR) is 152 cm³/mol. The number of hydrogen-bond donors (Lipinski definition) is 2. The van der Waals surface area contributed by atoms with Gasteiger partial charge in [0.15, 0.2) is 0 Å². The molecule has 0 aromatic rings. The highest BCUT2D eigenvalue weighted by molar-refractivity contribution is 5.73. The van der Waals surface area contributed by atoms with Crippen LogP contribution in [0, 0.1) is 0 Å². The van der Waals surface area contributed by atoms with Crippen LogP contribution in [0.5, 0.6) is 0 Å². The molecule has 4 N–H and O–H groups in total. The van der Waals surface area contributed by atoms with E-state index in [1.54, 1.807) is 0 Å². The van der Waals surface area contributed by atoms with Crippen LogP contribution in [0.15, 0.2) is 12.7 Å². The van der Waals surface area contributed by atoms with E-state index >= 15 is 0 Å². The first-order valence-electron chi connectivity index (χ1n) is 14.6. The topological polar surface area (TPSA) is 86.2 Å². The second-order valence-electron chi connectivity index (χ2n) is 9.52. The van der Waals surface area contributed by atoms with E-state index in [2.05, 4.69) is 27.4 Å². The van der Waals surface area contributed by atoms with Gasteiger partial charge >= 0.3 is 0 Å². The van der Waals surface area contributed by atoms with E-state index < -0.39 is 0 Å². The third-order valence-corrected chi connectivity index (χ3v) is 5.82. The number of rotatable bonds is 23. The van der Waals surface area contributed by atoms with Gasteiger partial charge < -0.3 is 11.5 Å². The highest BCUT2D eigenvalue weighted by atomic mass is 16.1. The third-order valence-electron chi connectivity index (χ3n) is 5.82. The molecular formula is C30H62N2O2. The predicted octanol–water partition coefficient (Wildman–Crippen LogP) is 9.15. The Kier molecular flexibility index (Phi) is 39.7. The molecule has 4 heteroatoms. The standard InChI is InChI=1S/2C12H25NO.C6H12/c2*1-2-3-4-5-6-7-8-9-10-11-12(13)14;1-3-5-6-4-2/h2*2-11H2,1H3,(H2,13,14);3H,1,4-6H2,2H3. The highest BCUT2D eigenvalue weighted by Crippen LogP contribution is 2.11. The molecule has 0 aliphatic rings. The van der Waals surface area contributed by atoms with Crippen molar-refractivity contribution in [2.24, 2.45) is 11.5 Å². The van der Waals surface area contributed by atoms with Gasteiger partial charge in [0.2, 0.25) is 11.8 Å². The van der Waals surface area contributed by atoms with E-state index in [1.807, 2.05) is 6.08 Å². The molecule has 0 aliphatic carbocycles. The van der Waals surface area contributed by atoms with Gasteiger partial charge in [-0.15, -0.1) is 6.58 Å². The SMILES string of the molecule is C=CCCCC.CCCCCCCCCCCC(N)=O.CCCCCCCCCCCC(N)=O. The minimum absolute atomic E-state index is 0.159. The van der Waals surface area contributed by atoms with Crippen molar-refractivity contribution in [2.45, 2.75) is 168 Å². The maximum atomic E-state index is 10.4. The number of allylic oxidation sites excluding steroid dienone is 1. The van der Waals surface area contributed by atoms with Gasteiger partial charge in [-0.2, -0.15) is 0 Å². The Labute approximate surface area is 214 Å². The van der Waals surface area contributed by atoms with Gasteiger partial charge in [0.25, 0.3) is 0 Å². The van der Waals surface area contributed by atoms with Crippen molar-refractivity contribution in [3.63, 3.8) is 0 Å². The number of carbonyl (C=O) groups is 2. The van der Waals surface area contributed by atoms with Gasteiger partial charge in [-0.05, 0) is 19.3 Å². The molecule has 0 bridgehead atoms. The van der Waals surface area contributed by atoms with Gasteiger partial charge in [0, 0.05) is 12.8 Å². The van der Waals surface area contributed by atoms with E-state index in [1.165, 1.54) is 109 Å². The average Bonchev–Trinajstić information content (AvgIpc) is 2.81. The van der Waals surface area contributed by atoms with Crippen molar-refractivity contribution in [3.05, 3.63) is 12.7 Å². The lowest BCUT2D eigenvalue weighted by molar-refractivity contribution is -0.119. The summed E-state index contributed by atoms with van der Waals surface area (Å²) in [5, 5.41) is 0. The van der Waals surface area contributed by atoms with Gasteiger partial charge in [-0.1, -0.05) is 142 Å². The summed E-state index contributed by atoms with van der Waals surface area (Å²) in [4.78, 5) is 20.9. The molecule has 0 aromatic heterocycles. The minimum Gasteiger partial charge on any atom is -0.370 e. The largest absolute Gasteiger partial charge is 0.370 e. The zero-order valence-electron chi connectivity index (χ0n) is 23.5. The van der Waals surface area contributed by atoms with Crippen LogP contribution in [0.4, 0.5) is 0 Å². The normalized spacial score (nSPS) is 9.97. The first-order chi connectivity index (χ1) is 16.5. The molecular weight excluding hydrogens is 420 g/mol. The van der Waals surface area contributed by atoms with Gasteiger partial charge in [-0.25, -0.2) is 0 Å². The van der Waals surface area contributed by atoms with Crippen LogP contribution in [-0.4, -0.2) is 11.8 Å². The molecule has 34 heavy (non-hydrogen) atoms. The molecule has 0 radical (unpaired) electrons. The van der Waals surface area contributed by atoms with Gasteiger partial charge in [-0.3, -0.25) is 9.59 Å². The van der Waals surface area contributed by atoms with Crippen molar-refractivity contribution >= 4 is 11.8 Å². The second-order valence-corrected chi connectivity index (χ2v) is 9.52.